The van der Waals surface area contributed by atoms with Gasteiger partial charge in [-0.2, -0.15) is 0 Å². The average molecular weight is 267 g/mol. The molecule has 0 radical (unpaired) electrons. The molecule has 0 fully saturated rings. The normalized spacial score (nSPS) is 22.7. The molecule has 2 heterocycles. The Morgan fingerprint density at radius 3 is 3.12 bits per heavy atom. The topological polar surface area (TPSA) is 48.9 Å². The molecule has 0 bridgehead atoms. The van der Waals surface area contributed by atoms with Crippen molar-refractivity contribution in [2.45, 2.75) is 22.7 Å². The molecule has 5 heteroatoms. The maximum Gasteiger partial charge on any atom is 0.107 e. The second kappa shape index (κ2) is 4.37. The van der Waals surface area contributed by atoms with Crippen molar-refractivity contribution in [3.05, 3.63) is 47.0 Å². The van der Waals surface area contributed by atoms with Gasteiger partial charge in [-0.05, 0) is 17.7 Å². The van der Waals surface area contributed by atoms with Crippen LogP contribution in [-0.4, -0.2) is 20.3 Å². The van der Waals surface area contributed by atoms with Crippen molar-refractivity contribution in [3.8, 4) is 0 Å². The summed E-state index contributed by atoms with van der Waals surface area (Å²) in [4.78, 5) is 8.32. The highest BCUT2D eigenvalue weighted by Gasteiger charge is 2.32. The van der Waals surface area contributed by atoms with E-state index >= 15 is 0 Å². The first-order valence-electron chi connectivity index (χ1n) is 5.36. The molecule has 3 nitrogen and oxygen atoms in total. The molecule has 0 saturated heterocycles. The molecule has 0 aliphatic carbocycles. The van der Waals surface area contributed by atoms with Crippen molar-refractivity contribution in [3.63, 3.8) is 0 Å². The van der Waals surface area contributed by atoms with Crippen LogP contribution in [0.5, 0.6) is 0 Å². The van der Waals surface area contributed by atoms with Crippen LogP contribution in [0.2, 0.25) is 5.02 Å². The fraction of sp³-hybridized carbons (Fsp3) is 0.250. The lowest BCUT2D eigenvalue weighted by Gasteiger charge is -2.12. The van der Waals surface area contributed by atoms with E-state index in [1.807, 2.05) is 18.2 Å². The molecule has 3 rings (SSSR count). The van der Waals surface area contributed by atoms with Crippen molar-refractivity contribution in [2.75, 3.05) is 0 Å². The minimum absolute atomic E-state index is 0.106. The Bertz CT molecular complexity index is 529. The molecule has 1 aromatic carbocycles. The van der Waals surface area contributed by atoms with Gasteiger partial charge in [0.25, 0.3) is 0 Å². The van der Waals surface area contributed by atoms with Crippen LogP contribution in [0, 0.1) is 0 Å². The Morgan fingerprint density at radius 2 is 2.35 bits per heavy atom. The van der Waals surface area contributed by atoms with Gasteiger partial charge in [0.1, 0.15) is 5.82 Å². The number of hydrogen-bond donors (Lipinski definition) is 2. The lowest BCUT2D eigenvalue weighted by atomic mass is 10.1. The van der Waals surface area contributed by atoms with Gasteiger partial charge in [-0.25, -0.2) is 4.98 Å². The average Bonchev–Trinajstić information content (AvgIpc) is 2.89. The molecule has 0 unspecified atom stereocenters. The number of halogens is 1. The molecule has 0 saturated carbocycles. The molecule has 1 aliphatic rings. The molecule has 88 valence electrons. The molecular formula is C12H11ClN2OS. The van der Waals surface area contributed by atoms with Gasteiger partial charge in [0.2, 0.25) is 0 Å². The number of aromatic nitrogens is 2. The van der Waals surface area contributed by atoms with Gasteiger partial charge in [-0.3, -0.25) is 0 Å². The van der Waals surface area contributed by atoms with E-state index in [2.05, 4.69) is 9.97 Å². The van der Waals surface area contributed by atoms with Crippen LogP contribution in [0.25, 0.3) is 0 Å². The first-order chi connectivity index (χ1) is 8.24. The highest BCUT2D eigenvalue weighted by Crippen LogP contribution is 2.45. The van der Waals surface area contributed by atoms with E-state index in [4.69, 9.17) is 11.6 Å². The summed E-state index contributed by atoms with van der Waals surface area (Å²) in [5.74, 6) is 0.903. The van der Waals surface area contributed by atoms with Crippen LogP contribution in [0.15, 0.2) is 35.5 Å². The van der Waals surface area contributed by atoms with Gasteiger partial charge in [0.05, 0.1) is 6.10 Å². The Balaban J connectivity index is 1.83. The number of fused-ring (bicyclic) bond motifs is 1. The number of imidazole rings is 1. The van der Waals surface area contributed by atoms with Crippen molar-refractivity contribution < 1.29 is 5.11 Å². The van der Waals surface area contributed by atoms with Crippen LogP contribution in [-0.2, 0) is 6.42 Å². The monoisotopic (exact) mass is 266 g/mol. The maximum atomic E-state index is 10.2. The predicted octanol–water partition coefficient (Wildman–Crippen LogP) is 2.81. The fourth-order valence-electron chi connectivity index (χ4n) is 2.04. The number of nitrogens with zero attached hydrogens (tertiary/aromatic N) is 1. The summed E-state index contributed by atoms with van der Waals surface area (Å²) in [5.41, 5.74) is 0.968. The fourth-order valence-corrected chi connectivity index (χ4v) is 3.64. The number of rotatable bonds is 2. The summed E-state index contributed by atoms with van der Waals surface area (Å²) in [5, 5.41) is 11.0. The van der Waals surface area contributed by atoms with Crippen LogP contribution in [0.3, 0.4) is 0 Å². The third-order valence-electron chi connectivity index (χ3n) is 2.87. The second-order valence-corrected chi connectivity index (χ2v) is 5.74. The first-order valence-corrected chi connectivity index (χ1v) is 6.62. The van der Waals surface area contributed by atoms with Crippen molar-refractivity contribution in [2.24, 2.45) is 0 Å². The summed E-state index contributed by atoms with van der Waals surface area (Å²) < 4.78 is 0. The first kappa shape index (κ1) is 11.1. The Kier molecular flexibility index (Phi) is 2.86. The van der Waals surface area contributed by atoms with E-state index in [1.165, 1.54) is 0 Å². The number of hydrogen-bond acceptors (Lipinski definition) is 3. The molecule has 17 heavy (non-hydrogen) atoms. The minimum Gasteiger partial charge on any atom is -0.387 e. The van der Waals surface area contributed by atoms with Crippen molar-refractivity contribution in [1.29, 1.82) is 0 Å². The maximum absolute atomic E-state index is 10.2. The summed E-state index contributed by atoms with van der Waals surface area (Å²) in [7, 11) is 0. The molecule has 2 N–H and O–H groups in total. The lowest BCUT2D eigenvalue weighted by molar-refractivity contribution is 0.175. The smallest absolute Gasteiger partial charge is 0.107 e. The number of nitrogens with one attached hydrogen (secondary N) is 1. The van der Waals surface area contributed by atoms with E-state index < -0.39 is 6.10 Å². The highest BCUT2D eigenvalue weighted by atomic mass is 35.5. The van der Waals surface area contributed by atoms with Crippen molar-refractivity contribution >= 4 is 23.4 Å². The van der Waals surface area contributed by atoms with Gasteiger partial charge in [0.15, 0.2) is 0 Å². The molecule has 1 aliphatic heterocycles. The zero-order valence-corrected chi connectivity index (χ0v) is 10.5. The van der Waals surface area contributed by atoms with Crippen LogP contribution in [0.4, 0.5) is 0 Å². The van der Waals surface area contributed by atoms with Gasteiger partial charge in [0, 0.05) is 34.0 Å². The van der Waals surface area contributed by atoms with Gasteiger partial charge in [-0.1, -0.05) is 17.7 Å². The summed E-state index contributed by atoms with van der Waals surface area (Å²) >= 11 is 7.61. The Labute approximate surface area is 108 Å². The summed E-state index contributed by atoms with van der Waals surface area (Å²) in [6.07, 6.45) is 3.80. The molecule has 2 atom stereocenters. The van der Waals surface area contributed by atoms with Crippen molar-refractivity contribution in [1.82, 2.24) is 9.97 Å². The molecule has 1 aromatic heterocycles. The van der Waals surface area contributed by atoms with E-state index in [9.17, 15) is 5.11 Å². The lowest BCUT2D eigenvalue weighted by Crippen LogP contribution is -2.13. The number of aromatic amines is 1. The quantitative estimate of drug-likeness (QED) is 0.879. The predicted molar refractivity (Wildman–Crippen MR) is 68.3 cm³/mol. The van der Waals surface area contributed by atoms with Crippen LogP contribution in [0.1, 0.15) is 17.5 Å². The molecule has 0 spiro atoms. The Morgan fingerprint density at radius 1 is 1.47 bits per heavy atom. The number of benzene rings is 1. The van der Waals surface area contributed by atoms with E-state index in [1.54, 1.807) is 24.2 Å². The van der Waals surface area contributed by atoms with Crippen LogP contribution >= 0.6 is 23.4 Å². The van der Waals surface area contributed by atoms with E-state index in [-0.39, 0.29) is 5.25 Å². The van der Waals surface area contributed by atoms with Gasteiger partial charge < -0.3 is 10.1 Å². The second-order valence-electron chi connectivity index (χ2n) is 4.02. The number of aliphatic hydroxyl groups is 1. The third-order valence-corrected chi connectivity index (χ3v) is 4.44. The zero-order valence-electron chi connectivity index (χ0n) is 8.93. The zero-order chi connectivity index (χ0) is 11.8. The summed E-state index contributed by atoms with van der Waals surface area (Å²) in [6.45, 7) is 0. The van der Waals surface area contributed by atoms with E-state index in [0.717, 1.165) is 22.7 Å². The number of aliphatic hydroxyl groups excluding tert-OH is 1. The third kappa shape index (κ3) is 2.08. The van der Waals surface area contributed by atoms with Gasteiger partial charge >= 0.3 is 0 Å². The van der Waals surface area contributed by atoms with Crippen LogP contribution < -0.4 is 0 Å². The highest BCUT2D eigenvalue weighted by molar-refractivity contribution is 8.00. The largest absolute Gasteiger partial charge is 0.387 e. The van der Waals surface area contributed by atoms with E-state index in [0.29, 0.717) is 5.02 Å². The SMILES string of the molecule is O[C@H]1c2ccc(Cl)cc2S[C@H]1Cc1ncc[nH]1. The molecule has 2 aromatic rings. The van der Waals surface area contributed by atoms with Gasteiger partial charge in [-0.15, -0.1) is 11.8 Å². The Hall–Kier alpha value is -0.970. The molecular weight excluding hydrogens is 256 g/mol. The number of thioether (sulfide) groups is 1. The molecule has 0 amide bonds. The standard InChI is InChI=1S/C12H11ClN2OS/c13-7-1-2-8-9(5-7)17-10(12(8)16)6-11-14-3-4-15-11/h1-5,10,12,16H,6H2,(H,14,15)/t10-,12-/m0/s1. The summed E-state index contributed by atoms with van der Waals surface area (Å²) in [6, 6.07) is 5.63. The number of H-pyrrole nitrogens is 1. The minimum atomic E-state index is -0.447.